The van der Waals surface area contributed by atoms with Crippen LogP contribution in [0.5, 0.6) is 0 Å². The third kappa shape index (κ3) is 1.71. The molecule has 2 aliphatic rings. The van der Waals surface area contributed by atoms with Gasteiger partial charge in [0.15, 0.2) is 0 Å². The van der Waals surface area contributed by atoms with Crippen LogP contribution in [0.2, 0.25) is 0 Å². The van der Waals surface area contributed by atoms with Gasteiger partial charge in [-0.1, -0.05) is 30.3 Å². The number of benzene rings is 1. The maximum absolute atomic E-state index is 11.3. The van der Waals surface area contributed by atoms with Gasteiger partial charge < -0.3 is 4.79 Å². The molecular weight excluding hydrogens is 210 g/mol. The van der Waals surface area contributed by atoms with E-state index in [1.165, 1.54) is 31.1 Å². The Bertz CT molecular complexity index is 403. The quantitative estimate of drug-likeness (QED) is 0.743. The Morgan fingerprint density at radius 1 is 1.29 bits per heavy atom. The molecule has 0 spiro atoms. The third-order valence-electron chi connectivity index (χ3n) is 4.56. The van der Waals surface area contributed by atoms with Crippen LogP contribution in [-0.4, -0.2) is 23.3 Å². The van der Waals surface area contributed by atoms with Crippen LogP contribution in [0, 0.1) is 5.92 Å². The molecule has 2 heteroatoms. The smallest absolute Gasteiger partial charge is 0.137 e. The zero-order valence-electron chi connectivity index (χ0n) is 10.3. The van der Waals surface area contributed by atoms with E-state index in [4.69, 9.17) is 0 Å². The maximum atomic E-state index is 11.3. The molecule has 0 unspecified atom stereocenters. The highest BCUT2D eigenvalue weighted by atomic mass is 16.1. The molecular formula is C15H19NO. The molecule has 4 atom stereocenters. The number of piperidine rings is 1. The molecule has 1 saturated heterocycles. The first-order valence-electron chi connectivity index (χ1n) is 6.59. The van der Waals surface area contributed by atoms with Crippen LogP contribution < -0.4 is 0 Å². The standard InChI is InChI=1S/C15H19NO/c1-11(12-5-3-2-4-6-12)16-14-8-7-13(9-14)15(16)10-17/h2-6,10-11,13-15H,7-9H2,1H3/t11-,13+,14+,15+/m0/s1. The minimum absolute atomic E-state index is 0.156. The van der Waals surface area contributed by atoms with Crippen LogP contribution in [-0.2, 0) is 4.79 Å². The average molecular weight is 229 g/mol. The Morgan fingerprint density at radius 3 is 2.76 bits per heavy atom. The molecule has 17 heavy (non-hydrogen) atoms. The number of fused-ring (bicyclic) bond motifs is 2. The van der Waals surface area contributed by atoms with E-state index >= 15 is 0 Å². The van der Waals surface area contributed by atoms with Gasteiger partial charge in [0.1, 0.15) is 6.29 Å². The zero-order chi connectivity index (χ0) is 11.8. The van der Waals surface area contributed by atoms with Crippen molar-refractivity contribution in [2.75, 3.05) is 0 Å². The van der Waals surface area contributed by atoms with Gasteiger partial charge in [0.25, 0.3) is 0 Å². The fourth-order valence-electron chi connectivity index (χ4n) is 3.72. The molecule has 0 radical (unpaired) electrons. The molecule has 2 fully saturated rings. The first kappa shape index (κ1) is 11.0. The van der Waals surface area contributed by atoms with E-state index in [1.54, 1.807) is 0 Å². The highest BCUT2D eigenvalue weighted by Gasteiger charge is 2.47. The van der Waals surface area contributed by atoms with Crippen molar-refractivity contribution < 1.29 is 4.79 Å². The second-order valence-corrected chi connectivity index (χ2v) is 5.39. The molecule has 2 bridgehead atoms. The fraction of sp³-hybridized carbons (Fsp3) is 0.533. The van der Waals surface area contributed by atoms with Gasteiger partial charge in [0, 0.05) is 12.1 Å². The molecule has 1 aliphatic heterocycles. The topological polar surface area (TPSA) is 20.3 Å². The lowest BCUT2D eigenvalue weighted by atomic mass is 9.97. The Kier molecular flexibility index (Phi) is 2.75. The summed E-state index contributed by atoms with van der Waals surface area (Å²) in [5, 5.41) is 0. The predicted octanol–water partition coefficient (Wildman–Crippen LogP) is 2.80. The van der Waals surface area contributed by atoms with Gasteiger partial charge in [-0.2, -0.15) is 0 Å². The second kappa shape index (κ2) is 4.26. The van der Waals surface area contributed by atoms with Gasteiger partial charge in [-0.15, -0.1) is 0 Å². The molecule has 3 rings (SSSR count). The van der Waals surface area contributed by atoms with Gasteiger partial charge in [-0.3, -0.25) is 4.90 Å². The lowest BCUT2D eigenvalue weighted by molar-refractivity contribution is -0.114. The fourth-order valence-corrected chi connectivity index (χ4v) is 3.72. The molecule has 0 aromatic heterocycles. The van der Waals surface area contributed by atoms with Crippen molar-refractivity contribution in [3.05, 3.63) is 35.9 Å². The minimum atomic E-state index is 0.156. The average Bonchev–Trinajstić information content (AvgIpc) is 2.98. The summed E-state index contributed by atoms with van der Waals surface area (Å²) >= 11 is 0. The number of rotatable bonds is 3. The summed E-state index contributed by atoms with van der Waals surface area (Å²) in [7, 11) is 0. The summed E-state index contributed by atoms with van der Waals surface area (Å²) in [6, 6.07) is 11.7. The Hall–Kier alpha value is -1.15. The van der Waals surface area contributed by atoms with E-state index in [0.717, 1.165) is 0 Å². The van der Waals surface area contributed by atoms with E-state index in [-0.39, 0.29) is 6.04 Å². The minimum Gasteiger partial charge on any atom is -0.302 e. The van der Waals surface area contributed by atoms with Crippen molar-refractivity contribution in [3.63, 3.8) is 0 Å². The van der Waals surface area contributed by atoms with Crippen molar-refractivity contribution in [1.29, 1.82) is 0 Å². The van der Waals surface area contributed by atoms with Crippen LogP contribution in [0.1, 0.15) is 37.8 Å². The lowest BCUT2D eigenvalue weighted by Gasteiger charge is -2.37. The van der Waals surface area contributed by atoms with Crippen molar-refractivity contribution in [2.45, 2.75) is 44.3 Å². The SMILES string of the molecule is C[C@@H](c1ccccc1)N1[C@@H]2CC[C@H](C2)[C@H]1C=O. The molecule has 1 aromatic carbocycles. The summed E-state index contributed by atoms with van der Waals surface area (Å²) < 4.78 is 0. The summed E-state index contributed by atoms with van der Waals surface area (Å²) in [4.78, 5) is 13.7. The normalized spacial score (nSPS) is 33.8. The highest BCUT2D eigenvalue weighted by molar-refractivity contribution is 5.60. The first-order valence-corrected chi connectivity index (χ1v) is 6.59. The Labute approximate surface area is 103 Å². The number of carbonyl (C=O) groups is 1. The molecule has 1 aliphatic carbocycles. The molecule has 1 saturated carbocycles. The summed E-state index contributed by atoms with van der Waals surface area (Å²) in [6.07, 6.45) is 4.90. The number of nitrogens with zero attached hydrogens (tertiary/aromatic N) is 1. The van der Waals surface area contributed by atoms with Crippen LogP contribution in [0.25, 0.3) is 0 Å². The van der Waals surface area contributed by atoms with E-state index in [1.807, 2.05) is 6.07 Å². The lowest BCUT2D eigenvalue weighted by Crippen LogP contribution is -2.43. The summed E-state index contributed by atoms with van der Waals surface area (Å²) in [6.45, 7) is 2.23. The maximum Gasteiger partial charge on any atom is 0.137 e. The number of hydrogen-bond donors (Lipinski definition) is 0. The third-order valence-corrected chi connectivity index (χ3v) is 4.56. The Balaban J connectivity index is 1.86. The van der Waals surface area contributed by atoms with Gasteiger partial charge in [-0.25, -0.2) is 0 Å². The number of hydrogen-bond acceptors (Lipinski definition) is 2. The van der Waals surface area contributed by atoms with Crippen molar-refractivity contribution in [3.8, 4) is 0 Å². The van der Waals surface area contributed by atoms with Gasteiger partial charge in [-0.05, 0) is 37.7 Å². The van der Waals surface area contributed by atoms with E-state index in [2.05, 4.69) is 36.1 Å². The number of carbonyl (C=O) groups excluding carboxylic acids is 1. The number of likely N-dealkylation sites (tertiary alicyclic amines) is 1. The molecule has 1 aromatic rings. The van der Waals surface area contributed by atoms with Crippen LogP contribution in [0.4, 0.5) is 0 Å². The van der Waals surface area contributed by atoms with Crippen LogP contribution in [0.15, 0.2) is 30.3 Å². The van der Waals surface area contributed by atoms with Crippen molar-refractivity contribution in [2.24, 2.45) is 5.92 Å². The van der Waals surface area contributed by atoms with Crippen LogP contribution >= 0.6 is 0 Å². The molecule has 1 heterocycles. The molecule has 2 nitrogen and oxygen atoms in total. The molecule has 0 amide bonds. The monoisotopic (exact) mass is 229 g/mol. The van der Waals surface area contributed by atoms with Gasteiger partial charge in [0.2, 0.25) is 0 Å². The summed E-state index contributed by atoms with van der Waals surface area (Å²) in [5.41, 5.74) is 1.33. The zero-order valence-corrected chi connectivity index (χ0v) is 10.3. The number of aldehydes is 1. The van der Waals surface area contributed by atoms with Gasteiger partial charge in [0.05, 0.1) is 6.04 Å². The van der Waals surface area contributed by atoms with Crippen molar-refractivity contribution in [1.82, 2.24) is 4.90 Å². The van der Waals surface area contributed by atoms with Crippen molar-refractivity contribution >= 4 is 6.29 Å². The van der Waals surface area contributed by atoms with E-state index in [9.17, 15) is 4.79 Å². The second-order valence-electron chi connectivity index (χ2n) is 5.39. The molecule has 0 N–H and O–H groups in total. The summed E-state index contributed by atoms with van der Waals surface area (Å²) in [5.74, 6) is 0.615. The van der Waals surface area contributed by atoms with Gasteiger partial charge >= 0.3 is 0 Å². The molecule has 90 valence electrons. The highest BCUT2D eigenvalue weighted by Crippen LogP contribution is 2.45. The van der Waals surface area contributed by atoms with Crippen LogP contribution in [0.3, 0.4) is 0 Å². The Morgan fingerprint density at radius 2 is 2.06 bits per heavy atom. The van der Waals surface area contributed by atoms with E-state index in [0.29, 0.717) is 18.0 Å². The predicted molar refractivity (Wildman–Crippen MR) is 67.7 cm³/mol. The first-order chi connectivity index (χ1) is 8.31. The van der Waals surface area contributed by atoms with E-state index < -0.39 is 0 Å². The largest absolute Gasteiger partial charge is 0.302 e.